The number of fused-ring (bicyclic) bond motifs is 3. The molecular weight excluding hydrogens is 888 g/mol. The minimum atomic E-state index is 0. The predicted molar refractivity (Wildman–Crippen MR) is 158 cm³/mol. The van der Waals surface area contributed by atoms with Crippen molar-refractivity contribution in [2.75, 3.05) is 38.1 Å². The fraction of sp³-hybridized carbons (Fsp3) is 0.296. The summed E-state index contributed by atoms with van der Waals surface area (Å²) in [6.45, 7) is 8.92. The van der Waals surface area contributed by atoms with E-state index in [-0.39, 0.29) is 48.0 Å². The highest BCUT2D eigenvalue weighted by atomic mass is 127. The SMILES string of the molecule is CC[N+](C)(CC)CCC[n+]1c(-c2ccccc2)c2cc(N)ccc2c2c(I)c(I)c(N)cc21.[I-].[I-]. The molecule has 0 aliphatic rings. The van der Waals surface area contributed by atoms with Gasteiger partial charge in [-0.05, 0) is 83.3 Å². The zero-order valence-electron chi connectivity index (χ0n) is 20.3. The van der Waals surface area contributed by atoms with Crippen molar-refractivity contribution in [2.24, 2.45) is 0 Å². The summed E-state index contributed by atoms with van der Waals surface area (Å²) in [5, 5.41) is 3.67. The summed E-state index contributed by atoms with van der Waals surface area (Å²) in [5.41, 5.74) is 18.0. The summed E-state index contributed by atoms with van der Waals surface area (Å²) in [4.78, 5) is 0. The van der Waals surface area contributed by atoms with E-state index in [1.54, 1.807) is 0 Å². The van der Waals surface area contributed by atoms with E-state index in [1.165, 1.54) is 36.5 Å². The van der Waals surface area contributed by atoms with Crippen molar-refractivity contribution < 1.29 is 57.0 Å². The molecule has 0 atom stereocenters. The quantitative estimate of drug-likeness (QED) is 0.0918. The number of anilines is 2. The zero-order chi connectivity index (χ0) is 23.8. The molecule has 0 radical (unpaired) electrons. The van der Waals surface area contributed by atoms with Crippen LogP contribution in [0.2, 0.25) is 0 Å². The molecule has 1 aromatic heterocycles. The lowest BCUT2D eigenvalue weighted by molar-refractivity contribution is -0.908. The number of nitrogens with zero attached hydrogens (tertiary/aromatic N) is 2. The number of nitrogen functional groups attached to an aromatic ring is 2. The van der Waals surface area contributed by atoms with Crippen molar-refractivity contribution in [2.45, 2.75) is 26.8 Å². The van der Waals surface area contributed by atoms with E-state index in [2.05, 4.69) is 119 Å². The molecular formula is C27H32I4N4. The maximum absolute atomic E-state index is 6.50. The first kappa shape index (κ1) is 31.0. The second kappa shape index (κ2) is 13.1. The third-order valence-corrected chi connectivity index (χ3v) is 10.3. The molecule has 4 nitrogen and oxygen atoms in total. The topological polar surface area (TPSA) is 55.9 Å². The lowest BCUT2D eigenvalue weighted by Crippen LogP contribution is -3.00. The second-order valence-electron chi connectivity index (χ2n) is 8.99. The third-order valence-electron chi connectivity index (χ3n) is 7.00. The Hall–Kier alpha value is -0.190. The third kappa shape index (κ3) is 6.28. The summed E-state index contributed by atoms with van der Waals surface area (Å²) in [6, 6.07) is 19.1. The van der Waals surface area contributed by atoms with E-state index in [9.17, 15) is 0 Å². The van der Waals surface area contributed by atoms with Crippen molar-refractivity contribution in [3.8, 4) is 11.3 Å². The molecule has 0 unspecified atom stereocenters. The van der Waals surface area contributed by atoms with Gasteiger partial charge in [-0.1, -0.05) is 24.3 Å². The molecule has 1 heterocycles. The van der Waals surface area contributed by atoms with E-state index >= 15 is 0 Å². The molecule has 0 aliphatic carbocycles. The van der Waals surface area contributed by atoms with E-state index in [4.69, 9.17) is 11.5 Å². The minimum Gasteiger partial charge on any atom is -1.00 e. The van der Waals surface area contributed by atoms with Crippen LogP contribution in [0.4, 0.5) is 11.4 Å². The van der Waals surface area contributed by atoms with Crippen LogP contribution in [0.3, 0.4) is 0 Å². The molecule has 4 rings (SSSR count). The molecule has 0 spiro atoms. The Morgan fingerprint density at radius 2 is 1.51 bits per heavy atom. The van der Waals surface area contributed by atoms with Gasteiger partial charge in [0.15, 0.2) is 6.54 Å². The molecule has 188 valence electrons. The molecule has 4 N–H and O–H groups in total. The lowest BCUT2D eigenvalue weighted by Gasteiger charge is -2.31. The smallest absolute Gasteiger partial charge is 0.220 e. The first-order valence-corrected chi connectivity index (χ1v) is 13.7. The van der Waals surface area contributed by atoms with Crippen molar-refractivity contribution in [3.63, 3.8) is 0 Å². The van der Waals surface area contributed by atoms with Gasteiger partial charge in [0.1, 0.15) is 0 Å². The predicted octanol–water partition coefficient (Wildman–Crippen LogP) is 0.206. The van der Waals surface area contributed by atoms with E-state index in [0.29, 0.717) is 0 Å². The van der Waals surface area contributed by atoms with Crippen LogP contribution in [0.5, 0.6) is 0 Å². The first-order valence-electron chi connectivity index (χ1n) is 11.5. The monoisotopic (exact) mass is 920 g/mol. The maximum atomic E-state index is 6.50. The van der Waals surface area contributed by atoms with Crippen LogP contribution in [0.25, 0.3) is 32.9 Å². The molecule has 0 saturated carbocycles. The number of quaternary nitrogens is 1. The van der Waals surface area contributed by atoms with Gasteiger partial charge in [-0.2, -0.15) is 4.57 Å². The molecule has 0 bridgehead atoms. The Labute approximate surface area is 270 Å². The van der Waals surface area contributed by atoms with Gasteiger partial charge >= 0.3 is 0 Å². The highest BCUT2D eigenvalue weighted by molar-refractivity contribution is 14.1. The van der Waals surface area contributed by atoms with E-state index in [0.717, 1.165) is 52.0 Å². The Morgan fingerprint density at radius 3 is 2.14 bits per heavy atom. The van der Waals surface area contributed by atoms with Crippen LogP contribution >= 0.6 is 45.2 Å². The molecule has 3 aromatic carbocycles. The van der Waals surface area contributed by atoms with Gasteiger partial charge in [0.25, 0.3) is 0 Å². The van der Waals surface area contributed by atoms with Gasteiger partial charge in [0.05, 0.1) is 53.1 Å². The molecule has 0 aliphatic heterocycles. The number of halogens is 4. The fourth-order valence-corrected chi connectivity index (χ4v) is 5.94. The molecule has 35 heavy (non-hydrogen) atoms. The van der Waals surface area contributed by atoms with Gasteiger partial charge < -0.3 is 63.9 Å². The minimum absolute atomic E-state index is 0. The number of nitrogens with two attached hydrogens (primary N) is 2. The number of aromatic nitrogens is 1. The molecule has 4 aromatic rings. The molecule has 0 fully saturated rings. The number of hydrogen-bond donors (Lipinski definition) is 2. The van der Waals surface area contributed by atoms with Crippen LogP contribution in [0.1, 0.15) is 20.3 Å². The lowest BCUT2D eigenvalue weighted by atomic mass is 9.98. The normalized spacial score (nSPS) is 11.3. The van der Waals surface area contributed by atoms with Gasteiger partial charge in [-0.25, -0.2) is 0 Å². The summed E-state index contributed by atoms with van der Waals surface area (Å²) in [7, 11) is 2.35. The second-order valence-corrected chi connectivity index (χ2v) is 11.1. The van der Waals surface area contributed by atoms with E-state index in [1.807, 2.05) is 6.07 Å². The Morgan fingerprint density at radius 1 is 0.857 bits per heavy atom. The molecule has 0 saturated heterocycles. The molecule has 8 heteroatoms. The summed E-state index contributed by atoms with van der Waals surface area (Å²) in [6.07, 6.45) is 1.09. The number of benzene rings is 3. The largest absolute Gasteiger partial charge is 1.00 e. The number of rotatable bonds is 7. The van der Waals surface area contributed by atoms with Crippen molar-refractivity contribution >= 4 is 78.2 Å². The van der Waals surface area contributed by atoms with Crippen LogP contribution < -0.4 is 64.0 Å². The average Bonchev–Trinajstić information content (AvgIpc) is 2.82. The maximum Gasteiger partial charge on any atom is 0.220 e. The average molecular weight is 920 g/mol. The van der Waals surface area contributed by atoms with Crippen LogP contribution in [-0.4, -0.2) is 31.2 Å². The Bertz CT molecular complexity index is 1320. The summed E-state index contributed by atoms with van der Waals surface area (Å²) < 4.78 is 5.88. The van der Waals surface area contributed by atoms with E-state index < -0.39 is 0 Å². The first-order chi connectivity index (χ1) is 15.8. The Balaban J connectivity index is 0.00000216. The van der Waals surface area contributed by atoms with Gasteiger partial charge in [0, 0.05) is 26.3 Å². The van der Waals surface area contributed by atoms with Gasteiger partial charge in [-0.15, -0.1) is 0 Å². The highest BCUT2D eigenvalue weighted by Gasteiger charge is 2.27. The van der Waals surface area contributed by atoms with Crippen LogP contribution in [0, 0.1) is 7.14 Å². The highest BCUT2D eigenvalue weighted by Crippen LogP contribution is 2.38. The van der Waals surface area contributed by atoms with Crippen molar-refractivity contribution in [1.82, 2.24) is 0 Å². The number of pyridine rings is 1. The fourth-order valence-electron chi connectivity index (χ4n) is 4.63. The zero-order valence-corrected chi connectivity index (χ0v) is 28.9. The Kier molecular flexibility index (Phi) is 11.6. The van der Waals surface area contributed by atoms with Crippen molar-refractivity contribution in [3.05, 3.63) is 61.7 Å². The van der Waals surface area contributed by atoms with Crippen LogP contribution in [-0.2, 0) is 6.54 Å². The standard InChI is InChI=1S/C27H31I2N4.2HI/c1-4-33(3,5-2)15-9-14-32-23-17-22(31)25(28)26(29)24(23)20-13-12-19(30)16-21(20)27(32)18-10-7-6-8-11-18;;/h6-8,10-13,16-17,31H,4-5,9,14-15,30H2,1-3H3;2*1H/q+1;;/p-1. The summed E-state index contributed by atoms with van der Waals surface area (Å²) >= 11 is 4.82. The summed E-state index contributed by atoms with van der Waals surface area (Å²) in [5.74, 6) is 0. The number of aryl methyl sites for hydroxylation is 1. The van der Waals surface area contributed by atoms with Gasteiger partial charge in [-0.3, -0.25) is 0 Å². The molecule has 0 amide bonds. The number of hydrogen-bond acceptors (Lipinski definition) is 2. The van der Waals surface area contributed by atoms with Gasteiger partial charge in [0.2, 0.25) is 11.2 Å². The van der Waals surface area contributed by atoms with Crippen LogP contribution in [0.15, 0.2) is 54.6 Å². The van der Waals surface area contributed by atoms with Crippen molar-refractivity contribution in [1.29, 1.82) is 0 Å².